The number of hydrogen-bond acceptors (Lipinski definition) is 2. The van der Waals surface area contributed by atoms with Crippen LogP contribution in [0.15, 0.2) is 34.7 Å². The summed E-state index contributed by atoms with van der Waals surface area (Å²) in [5.41, 5.74) is 2.11. The van der Waals surface area contributed by atoms with Crippen LogP contribution in [0.3, 0.4) is 0 Å². The Morgan fingerprint density at radius 3 is 2.47 bits per heavy atom. The molecule has 3 heteroatoms. The van der Waals surface area contributed by atoms with Crippen molar-refractivity contribution in [1.82, 2.24) is 4.98 Å². The van der Waals surface area contributed by atoms with Crippen LogP contribution in [0.25, 0.3) is 11.3 Å². The number of oxazole rings is 1. The highest BCUT2D eigenvalue weighted by molar-refractivity contribution is 7.71. The number of rotatable bonds is 2. The average Bonchev–Trinajstić information content (AvgIpc) is 2.62. The lowest BCUT2D eigenvalue weighted by Crippen LogP contribution is -1.88. The number of hydrogen-bond donors (Lipinski definition) is 1. The Morgan fingerprint density at radius 1 is 1.20 bits per heavy atom. The SMILES string of the molecule is CC(C)c1oc(=S)[nH]c1-c1ccccc1. The van der Waals surface area contributed by atoms with Crippen LogP contribution in [-0.4, -0.2) is 4.98 Å². The van der Waals surface area contributed by atoms with Crippen LogP contribution in [0.1, 0.15) is 25.5 Å². The zero-order chi connectivity index (χ0) is 10.8. The van der Waals surface area contributed by atoms with Crippen LogP contribution in [-0.2, 0) is 0 Å². The Bertz CT molecular complexity index is 496. The zero-order valence-electron chi connectivity index (χ0n) is 8.78. The van der Waals surface area contributed by atoms with Crippen LogP contribution in [0.4, 0.5) is 0 Å². The molecule has 1 heterocycles. The molecule has 0 spiro atoms. The molecule has 0 unspecified atom stereocenters. The smallest absolute Gasteiger partial charge is 0.266 e. The summed E-state index contributed by atoms with van der Waals surface area (Å²) in [7, 11) is 0. The van der Waals surface area contributed by atoms with E-state index in [4.69, 9.17) is 16.6 Å². The first-order chi connectivity index (χ1) is 7.18. The molecule has 0 saturated carbocycles. The normalized spacial score (nSPS) is 10.9. The molecule has 0 aliphatic carbocycles. The van der Waals surface area contributed by atoms with Gasteiger partial charge in [-0.25, -0.2) is 0 Å². The Kier molecular flexibility index (Phi) is 2.73. The van der Waals surface area contributed by atoms with Gasteiger partial charge in [-0.05, 0) is 12.2 Å². The third-order valence-electron chi connectivity index (χ3n) is 2.26. The summed E-state index contributed by atoms with van der Waals surface area (Å²) in [6.45, 7) is 4.18. The van der Waals surface area contributed by atoms with Gasteiger partial charge >= 0.3 is 0 Å². The van der Waals surface area contributed by atoms with Gasteiger partial charge in [0.25, 0.3) is 4.84 Å². The van der Waals surface area contributed by atoms with Crippen molar-refractivity contribution >= 4 is 12.2 Å². The van der Waals surface area contributed by atoms with Crippen LogP contribution in [0.2, 0.25) is 0 Å². The van der Waals surface area contributed by atoms with Gasteiger partial charge in [0.05, 0.1) is 5.69 Å². The number of nitrogens with one attached hydrogen (secondary N) is 1. The summed E-state index contributed by atoms with van der Waals surface area (Å²) in [5, 5.41) is 0. The largest absolute Gasteiger partial charge is 0.434 e. The Balaban J connectivity index is 2.58. The Morgan fingerprint density at radius 2 is 1.87 bits per heavy atom. The lowest BCUT2D eigenvalue weighted by molar-refractivity contribution is 0.470. The van der Waals surface area contributed by atoms with Gasteiger partial charge in [0, 0.05) is 11.5 Å². The van der Waals surface area contributed by atoms with Crippen molar-refractivity contribution in [2.24, 2.45) is 0 Å². The van der Waals surface area contributed by atoms with E-state index >= 15 is 0 Å². The topological polar surface area (TPSA) is 28.9 Å². The minimum absolute atomic E-state index is 0.327. The summed E-state index contributed by atoms with van der Waals surface area (Å²) in [6.07, 6.45) is 0. The van der Waals surface area contributed by atoms with Gasteiger partial charge in [-0.15, -0.1) is 0 Å². The fraction of sp³-hybridized carbons (Fsp3) is 0.250. The number of aromatic nitrogens is 1. The van der Waals surface area contributed by atoms with Crippen LogP contribution >= 0.6 is 12.2 Å². The van der Waals surface area contributed by atoms with Gasteiger partial charge < -0.3 is 9.40 Å². The van der Waals surface area contributed by atoms with Crippen LogP contribution in [0, 0.1) is 4.84 Å². The highest BCUT2D eigenvalue weighted by atomic mass is 32.1. The number of H-pyrrole nitrogens is 1. The summed E-state index contributed by atoms with van der Waals surface area (Å²) in [5.74, 6) is 1.25. The van der Waals surface area contributed by atoms with E-state index in [1.807, 2.05) is 30.3 Å². The van der Waals surface area contributed by atoms with Crippen LogP contribution in [0.5, 0.6) is 0 Å². The third-order valence-corrected chi connectivity index (χ3v) is 2.45. The zero-order valence-corrected chi connectivity index (χ0v) is 9.60. The second-order valence-electron chi connectivity index (χ2n) is 3.77. The lowest BCUT2D eigenvalue weighted by atomic mass is 10.0. The predicted molar refractivity (Wildman–Crippen MR) is 63.4 cm³/mol. The van der Waals surface area contributed by atoms with E-state index in [0.29, 0.717) is 10.8 Å². The molecule has 0 aliphatic rings. The van der Waals surface area contributed by atoms with Gasteiger partial charge in [0.15, 0.2) is 0 Å². The van der Waals surface area contributed by atoms with Crippen molar-refractivity contribution < 1.29 is 4.42 Å². The van der Waals surface area contributed by atoms with E-state index < -0.39 is 0 Å². The maximum absolute atomic E-state index is 5.49. The lowest BCUT2D eigenvalue weighted by Gasteiger charge is -2.03. The maximum Gasteiger partial charge on any atom is 0.266 e. The highest BCUT2D eigenvalue weighted by Gasteiger charge is 2.13. The minimum atomic E-state index is 0.327. The molecule has 15 heavy (non-hydrogen) atoms. The molecule has 0 bridgehead atoms. The molecule has 2 aromatic rings. The molecule has 0 aliphatic heterocycles. The Labute approximate surface area is 94.0 Å². The van der Waals surface area contributed by atoms with Gasteiger partial charge in [0.1, 0.15) is 5.76 Å². The summed E-state index contributed by atoms with van der Waals surface area (Å²) >= 11 is 5.02. The molecule has 78 valence electrons. The molecular weight excluding hydrogens is 206 g/mol. The Hall–Kier alpha value is -1.35. The van der Waals surface area contributed by atoms with Crippen molar-refractivity contribution in [2.75, 3.05) is 0 Å². The minimum Gasteiger partial charge on any atom is -0.434 e. The van der Waals surface area contributed by atoms with Gasteiger partial charge in [-0.3, -0.25) is 0 Å². The second-order valence-corrected chi connectivity index (χ2v) is 4.15. The molecule has 0 fully saturated rings. The molecular formula is C12H13NOS. The van der Waals surface area contributed by atoms with E-state index in [2.05, 4.69) is 18.8 Å². The molecule has 1 aromatic carbocycles. The molecule has 1 N–H and O–H groups in total. The van der Waals surface area contributed by atoms with E-state index in [-0.39, 0.29) is 0 Å². The van der Waals surface area contributed by atoms with Gasteiger partial charge in [0.2, 0.25) is 0 Å². The van der Waals surface area contributed by atoms with E-state index in [1.54, 1.807) is 0 Å². The number of aromatic amines is 1. The van der Waals surface area contributed by atoms with Gasteiger partial charge in [-0.1, -0.05) is 44.2 Å². The van der Waals surface area contributed by atoms with E-state index in [1.165, 1.54) is 0 Å². The number of benzene rings is 1. The standard InChI is InChI=1S/C12H13NOS/c1-8(2)11-10(13-12(15)14-11)9-6-4-3-5-7-9/h3-8H,1-2H3,(H,13,15). The van der Waals surface area contributed by atoms with Crippen molar-refractivity contribution in [2.45, 2.75) is 19.8 Å². The van der Waals surface area contributed by atoms with Gasteiger partial charge in [-0.2, -0.15) is 0 Å². The molecule has 2 rings (SSSR count). The molecule has 0 saturated heterocycles. The molecule has 0 atom stereocenters. The third kappa shape index (κ3) is 2.02. The molecule has 1 aromatic heterocycles. The fourth-order valence-corrected chi connectivity index (χ4v) is 1.76. The van der Waals surface area contributed by atoms with Crippen molar-refractivity contribution in [3.63, 3.8) is 0 Å². The molecule has 0 radical (unpaired) electrons. The first kappa shape index (κ1) is 10.2. The summed E-state index contributed by atoms with van der Waals surface area (Å²) in [6, 6.07) is 10.1. The van der Waals surface area contributed by atoms with Crippen molar-refractivity contribution in [3.05, 3.63) is 40.9 Å². The van der Waals surface area contributed by atoms with Crippen molar-refractivity contribution in [3.8, 4) is 11.3 Å². The molecule has 0 amide bonds. The fourth-order valence-electron chi connectivity index (χ4n) is 1.57. The molecule has 2 nitrogen and oxygen atoms in total. The first-order valence-corrected chi connectivity index (χ1v) is 5.37. The summed E-state index contributed by atoms with van der Waals surface area (Å²) < 4.78 is 5.49. The van der Waals surface area contributed by atoms with E-state index in [0.717, 1.165) is 17.0 Å². The quantitative estimate of drug-likeness (QED) is 0.769. The van der Waals surface area contributed by atoms with Crippen molar-refractivity contribution in [1.29, 1.82) is 0 Å². The van der Waals surface area contributed by atoms with E-state index in [9.17, 15) is 0 Å². The first-order valence-electron chi connectivity index (χ1n) is 4.97. The predicted octanol–water partition coefficient (Wildman–Crippen LogP) is 4.13. The van der Waals surface area contributed by atoms with Crippen LogP contribution < -0.4 is 0 Å². The maximum atomic E-state index is 5.49. The average molecular weight is 219 g/mol. The summed E-state index contributed by atoms with van der Waals surface area (Å²) in [4.78, 5) is 3.53. The second kappa shape index (κ2) is 4.03. The highest BCUT2D eigenvalue weighted by Crippen LogP contribution is 2.28. The monoisotopic (exact) mass is 219 g/mol.